The minimum Gasteiger partial charge on any atom is -0.468 e. The molecule has 0 spiro atoms. The Kier molecular flexibility index (Phi) is 9.03. The van der Waals surface area contributed by atoms with E-state index in [0.717, 1.165) is 0 Å². The van der Waals surface area contributed by atoms with Crippen LogP contribution in [0.3, 0.4) is 0 Å². The molecule has 1 amide bonds. The summed E-state index contributed by atoms with van der Waals surface area (Å²) in [4.78, 5) is 26.8. The van der Waals surface area contributed by atoms with E-state index >= 15 is 0 Å². The maximum atomic E-state index is 12.6. The normalized spacial score (nSPS) is 11.7. The SMILES string of the molecule is Cc1ccc(S(=O)(=O)NCc2ccco2)cc1C(=O)OCC(=O)N(CC(C)C)CC(C)C. The zero-order valence-corrected chi connectivity index (χ0v) is 20.1. The van der Waals surface area contributed by atoms with E-state index in [4.69, 9.17) is 9.15 Å². The number of hydrogen-bond donors (Lipinski definition) is 1. The molecule has 0 unspecified atom stereocenters. The fourth-order valence-corrected chi connectivity index (χ4v) is 4.13. The highest BCUT2D eigenvalue weighted by atomic mass is 32.2. The van der Waals surface area contributed by atoms with E-state index < -0.39 is 22.6 Å². The van der Waals surface area contributed by atoms with Crippen LogP contribution in [0.15, 0.2) is 45.9 Å². The lowest BCUT2D eigenvalue weighted by Crippen LogP contribution is -2.39. The van der Waals surface area contributed by atoms with Gasteiger partial charge in [0.2, 0.25) is 10.0 Å². The third-order valence-corrected chi connectivity index (χ3v) is 6.01. The van der Waals surface area contributed by atoms with Crippen LogP contribution in [0.4, 0.5) is 0 Å². The number of rotatable bonds is 11. The largest absolute Gasteiger partial charge is 0.468 e. The summed E-state index contributed by atoms with van der Waals surface area (Å²) in [5, 5.41) is 0. The van der Waals surface area contributed by atoms with Crippen molar-refractivity contribution in [2.75, 3.05) is 19.7 Å². The van der Waals surface area contributed by atoms with Crippen LogP contribution in [-0.2, 0) is 26.1 Å². The van der Waals surface area contributed by atoms with Crippen molar-refractivity contribution in [3.63, 3.8) is 0 Å². The van der Waals surface area contributed by atoms with Gasteiger partial charge < -0.3 is 14.1 Å². The number of benzene rings is 1. The Bertz CT molecular complexity index is 1000. The minimum atomic E-state index is -3.87. The Morgan fingerprint density at radius 2 is 1.75 bits per heavy atom. The van der Waals surface area contributed by atoms with Gasteiger partial charge in [-0.05, 0) is 48.6 Å². The van der Waals surface area contributed by atoms with E-state index in [0.29, 0.717) is 24.4 Å². The molecule has 1 aromatic carbocycles. The van der Waals surface area contributed by atoms with Crippen LogP contribution < -0.4 is 4.72 Å². The van der Waals surface area contributed by atoms with E-state index in [2.05, 4.69) is 4.72 Å². The zero-order chi connectivity index (χ0) is 23.9. The molecule has 0 bridgehead atoms. The van der Waals surface area contributed by atoms with Crippen LogP contribution in [-0.4, -0.2) is 44.9 Å². The highest BCUT2D eigenvalue weighted by Gasteiger charge is 2.22. The molecule has 0 aliphatic carbocycles. The van der Waals surface area contributed by atoms with Crippen molar-refractivity contribution < 1.29 is 27.2 Å². The number of hydrogen-bond acceptors (Lipinski definition) is 6. The third kappa shape index (κ3) is 7.49. The predicted molar refractivity (Wildman–Crippen MR) is 120 cm³/mol. The third-order valence-electron chi connectivity index (χ3n) is 4.61. The predicted octanol–water partition coefficient (Wildman–Crippen LogP) is 3.36. The zero-order valence-electron chi connectivity index (χ0n) is 19.3. The Morgan fingerprint density at radius 1 is 1.09 bits per heavy atom. The molecule has 0 saturated carbocycles. The van der Waals surface area contributed by atoms with Gasteiger partial charge >= 0.3 is 5.97 Å². The van der Waals surface area contributed by atoms with Gasteiger partial charge in [-0.15, -0.1) is 0 Å². The van der Waals surface area contributed by atoms with Crippen molar-refractivity contribution >= 4 is 21.9 Å². The second-order valence-electron chi connectivity index (χ2n) is 8.54. The first-order chi connectivity index (χ1) is 15.0. The van der Waals surface area contributed by atoms with Crippen molar-refractivity contribution in [2.24, 2.45) is 11.8 Å². The Morgan fingerprint density at radius 3 is 2.31 bits per heavy atom. The van der Waals surface area contributed by atoms with E-state index in [-0.39, 0.29) is 34.7 Å². The van der Waals surface area contributed by atoms with Gasteiger partial charge in [-0.1, -0.05) is 33.8 Å². The topological polar surface area (TPSA) is 106 Å². The number of furan rings is 1. The summed E-state index contributed by atoms with van der Waals surface area (Å²) in [6.07, 6.45) is 1.45. The fraction of sp³-hybridized carbons (Fsp3) is 0.478. The number of carbonyl (C=O) groups is 2. The van der Waals surface area contributed by atoms with Gasteiger partial charge in [-0.25, -0.2) is 17.9 Å². The lowest BCUT2D eigenvalue weighted by Gasteiger charge is -2.26. The van der Waals surface area contributed by atoms with E-state index in [1.165, 1.54) is 24.5 Å². The second-order valence-corrected chi connectivity index (χ2v) is 10.3. The van der Waals surface area contributed by atoms with Gasteiger partial charge in [0, 0.05) is 13.1 Å². The molecule has 8 nitrogen and oxygen atoms in total. The van der Waals surface area contributed by atoms with Crippen molar-refractivity contribution in [2.45, 2.75) is 46.1 Å². The maximum absolute atomic E-state index is 12.6. The van der Waals surface area contributed by atoms with Gasteiger partial charge in [0.15, 0.2) is 6.61 Å². The number of carbonyl (C=O) groups excluding carboxylic acids is 2. The van der Waals surface area contributed by atoms with Crippen LogP contribution in [0.1, 0.15) is 49.4 Å². The Balaban J connectivity index is 2.08. The molecule has 0 atom stereocenters. The fourth-order valence-electron chi connectivity index (χ4n) is 3.11. The quantitative estimate of drug-likeness (QED) is 0.511. The first-order valence-electron chi connectivity index (χ1n) is 10.6. The molecule has 0 radical (unpaired) electrons. The first-order valence-corrected chi connectivity index (χ1v) is 12.1. The summed E-state index contributed by atoms with van der Waals surface area (Å²) in [6.45, 7) is 10.5. The molecule has 176 valence electrons. The molecule has 2 aromatic rings. The van der Waals surface area contributed by atoms with Crippen molar-refractivity contribution in [1.82, 2.24) is 9.62 Å². The monoisotopic (exact) mass is 464 g/mol. The Hall–Kier alpha value is -2.65. The van der Waals surface area contributed by atoms with Crippen LogP contribution in [0, 0.1) is 18.8 Å². The smallest absolute Gasteiger partial charge is 0.338 e. The lowest BCUT2D eigenvalue weighted by atomic mass is 10.1. The molecule has 1 heterocycles. The molecule has 0 aliphatic rings. The molecule has 32 heavy (non-hydrogen) atoms. The second kappa shape index (κ2) is 11.3. The van der Waals surface area contributed by atoms with Crippen LogP contribution >= 0.6 is 0 Å². The molecule has 0 aliphatic heterocycles. The number of ether oxygens (including phenoxy) is 1. The number of amides is 1. The van der Waals surface area contributed by atoms with E-state index in [1.807, 2.05) is 27.7 Å². The molecular weight excluding hydrogens is 432 g/mol. The summed E-state index contributed by atoms with van der Waals surface area (Å²) in [5.41, 5.74) is 0.645. The number of nitrogens with zero attached hydrogens (tertiary/aromatic N) is 1. The van der Waals surface area contributed by atoms with Gasteiger partial charge in [-0.2, -0.15) is 0 Å². The van der Waals surface area contributed by atoms with Gasteiger partial charge in [-0.3, -0.25) is 4.79 Å². The lowest BCUT2D eigenvalue weighted by molar-refractivity contribution is -0.135. The van der Waals surface area contributed by atoms with E-state index in [1.54, 1.807) is 24.0 Å². The van der Waals surface area contributed by atoms with Crippen LogP contribution in [0.2, 0.25) is 0 Å². The number of esters is 1. The van der Waals surface area contributed by atoms with Crippen LogP contribution in [0.5, 0.6) is 0 Å². The summed E-state index contributed by atoms with van der Waals surface area (Å²) in [5.74, 6) is 0.0128. The van der Waals surface area contributed by atoms with Crippen molar-refractivity contribution in [3.8, 4) is 0 Å². The van der Waals surface area contributed by atoms with Crippen molar-refractivity contribution in [3.05, 3.63) is 53.5 Å². The molecule has 9 heteroatoms. The molecule has 1 aromatic heterocycles. The number of aryl methyl sites for hydroxylation is 1. The number of nitrogens with one attached hydrogen (secondary N) is 1. The number of sulfonamides is 1. The first kappa shape index (κ1) is 25.6. The average Bonchev–Trinajstić information content (AvgIpc) is 3.23. The van der Waals surface area contributed by atoms with Crippen LogP contribution in [0.25, 0.3) is 0 Å². The standard InChI is InChI=1S/C23H32N2O6S/c1-16(2)13-25(14-17(3)4)22(26)15-31-23(27)21-11-20(9-8-18(21)5)32(28,29)24-12-19-7-6-10-30-19/h6-11,16-17,24H,12-15H2,1-5H3. The van der Waals surface area contributed by atoms with Crippen molar-refractivity contribution in [1.29, 1.82) is 0 Å². The summed E-state index contributed by atoms with van der Waals surface area (Å²) >= 11 is 0. The maximum Gasteiger partial charge on any atom is 0.338 e. The molecule has 0 saturated heterocycles. The Labute approximate surface area is 190 Å². The summed E-state index contributed by atoms with van der Waals surface area (Å²) in [6, 6.07) is 7.51. The molecular formula is C23H32N2O6S. The highest BCUT2D eigenvalue weighted by molar-refractivity contribution is 7.89. The summed E-state index contributed by atoms with van der Waals surface area (Å²) < 4.78 is 38.0. The highest BCUT2D eigenvalue weighted by Crippen LogP contribution is 2.17. The summed E-state index contributed by atoms with van der Waals surface area (Å²) in [7, 11) is -3.87. The van der Waals surface area contributed by atoms with Gasteiger partial charge in [0.05, 0.1) is 23.3 Å². The molecule has 0 fully saturated rings. The van der Waals surface area contributed by atoms with Gasteiger partial charge in [0.1, 0.15) is 5.76 Å². The minimum absolute atomic E-state index is 0.0149. The molecule has 2 rings (SSSR count). The van der Waals surface area contributed by atoms with E-state index in [9.17, 15) is 18.0 Å². The van der Waals surface area contributed by atoms with Gasteiger partial charge in [0.25, 0.3) is 5.91 Å². The average molecular weight is 465 g/mol. The molecule has 1 N–H and O–H groups in total.